The summed E-state index contributed by atoms with van der Waals surface area (Å²) in [6.45, 7) is 4.01. The van der Waals surface area contributed by atoms with Gasteiger partial charge in [-0.1, -0.05) is 55.0 Å². The molecule has 2 aromatic carbocycles. The van der Waals surface area contributed by atoms with Crippen LogP contribution in [0.25, 0.3) is 16.8 Å². The molecule has 0 aliphatic carbocycles. The highest BCUT2D eigenvalue weighted by atomic mass is 35.5. The first-order valence-corrected chi connectivity index (χ1v) is 9.46. The predicted octanol–water partition coefficient (Wildman–Crippen LogP) is 4.83. The Morgan fingerprint density at radius 1 is 0.852 bits per heavy atom. The van der Waals surface area contributed by atoms with Crippen LogP contribution in [0.3, 0.4) is 0 Å². The van der Waals surface area contributed by atoms with E-state index in [-0.39, 0.29) is 12.4 Å². The van der Waals surface area contributed by atoms with Crippen molar-refractivity contribution in [3.63, 3.8) is 0 Å². The summed E-state index contributed by atoms with van der Waals surface area (Å²) in [6.07, 6.45) is 6.02. The Hall–Kier alpha value is -2.30. The molecule has 27 heavy (non-hydrogen) atoms. The molecular weight excluding hydrogens is 358 g/mol. The van der Waals surface area contributed by atoms with Crippen LogP contribution in [0.15, 0.2) is 66.9 Å². The summed E-state index contributed by atoms with van der Waals surface area (Å²) in [7, 11) is 0. The van der Waals surface area contributed by atoms with Gasteiger partial charge in [0.1, 0.15) is 6.61 Å². The molecule has 0 unspecified atom stereocenters. The fourth-order valence-electron chi connectivity index (χ4n) is 3.45. The van der Waals surface area contributed by atoms with Gasteiger partial charge in [0.2, 0.25) is 5.88 Å². The van der Waals surface area contributed by atoms with Crippen LogP contribution in [0.4, 0.5) is 0 Å². The molecule has 1 aliphatic heterocycles. The lowest BCUT2D eigenvalue weighted by molar-refractivity contribution is 0.180. The number of benzene rings is 2. The van der Waals surface area contributed by atoms with Gasteiger partial charge in [0, 0.05) is 12.7 Å². The molecule has 4 rings (SSSR count). The first-order valence-electron chi connectivity index (χ1n) is 9.46. The average molecular weight is 384 g/mol. The minimum atomic E-state index is 0. The predicted molar refractivity (Wildman–Crippen MR) is 112 cm³/mol. The lowest BCUT2D eigenvalue weighted by Crippen LogP contribution is -2.33. The van der Waals surface area contributed by atoms with E-state index < -0.39 is 0 Å². The molecule has 3 aromatic rings. The number of para-hydroxylation sites is 1. The van der Waals surface area contributed by atoms with Gasteiger partial charge in [0.25, 0.3) is 0 Å². The van der Waals surface area contributed by atoms with Gasteiger partial charge in [-0.25, -0.2) is 4.68 Å². The zero-order valence-corrected chi connectivity index (χ0v) is 16.3. The van der Waals surface area contributed by atoms with Gasteiger partial charge in [-0.3, -0.25) is 4.90 Å². The van der Waals surface area contributed by atoms with Crippen LogP contribution in [0.5, 0.6) is 5.88 Å². The van der Waals surface area contributed by atoms with Crippen LogP contribution < -0.4 is 4.74 Å². The number of ether oxygens (including phenoxy) is 1. The molecule has 142 valence electrons. The Morgan fingerprint density at radius 3 is 2.22 bits per heavy atom. The van der Waals surface area contributed by atoms with Crippen molar-refractivity contribution in [2.24, 2.45) is 0 Å². The summed E-state index contributed by atoms with van der Waals surface area (Å²) >= 11 is 0. The minimum Gasteiger partial charge on any atom is -0.475 e. The summed E-state index contributed by atoms with van der Waals surface area (Å²) < 4.78 is 8.02. The molecule has 1 aromatic heterocycles. The van der Waals surface area contributed by atoms with Gasteiger partial charge in [-0.05, 0) is 43.6 Å². The van der Waals surface area contributed by atoms with E-state index in [9.17, 15) is 0 Å². The van der Waals surface area contributed by atoms with E-state index in [2.05, 4.69) is 35.4 Å². The van der Waals surface area contributed by atoms with Gasteiger partial charge >= 0.3 is 0 Å². The number of aromatic nitrogens is 2. The maximum Gasteiger partial charge on any atom is 0.241 e. The monoisotopic (exact) mass is 383 g/mol. The molecule has 5 heteroatoms. The van der Waals surface area contributed by atoms with E-state index in [1.807, 2.05) is 41.1 Å². The van der Waals surface area contributed by atoms with Gasteiger partial charge in [0.05, 0.1) is 11.3 Å². The van der Waals surface area contributed by atoms with E-state index in [4.69, 9.17) is 9.84 Å². The first-order chi connectivity index (χ1) is 12.9. The molecule has 2 heterocycles. The summed E-state index contributed by atoms with van der Waals surface area (Å²) in [5, 5.41) is 4.72. The van der Waals surface area contributed by atoms with E-state index >= 15 is 0 Å². The molecule has 0 spiro atoms. The van der Waals surface area contributed by atoms with Gasteiger partial charge in [0.15, 0.2) is 0 Å². The molecule has 0 radical (unpaired) electrons. The number of hydrogen-bond acceptors (Lipinski definition) is 3. The van der Waals surface area contributed by atoms with E-state index in [1.54, 1.807) is 0 Å². The quantitative estimate of drug-likeness (QED) is 0.611. The van der Waals surface area contributed by atoms with Crippen LogP contribution in [0, 0.1) is 0 Å². The fourth-order valence-corrected chi connectivity index (χ4v) is 3.45. The van der Waals surface area contributed by atoms with Crippen molar-refractivity contribution in [1.29, 1.82) is 0 Å². The number of likely N-dealkylation sites (tertiary alicyclic amines) is 1. The van der Waals surface area contributed by atoms with Crippen LogP contribution in [0.1, 0.15) is 19.3 Å². The summed E-state index contributed by atoms with van der Waals surface area (Å²) in [4.78, 5) is 2.49. The second-order valence-electron chi connectivity index (χ2n) is 6.74. The number of nitrogens with zero attached hydrogens (tertiary/aromatic N) is 3. The standard InChI is InChI=1S/C22H25N3O.ClH/c1-4-10-19(11-5-1)21-18-25(20-12-6-2-7-13-20)23-22(21)26-17-16-24-14-8-3-9-15-24;/h1-2,4-7,10-13,18H,3,8-9,14-17H2;1H. The Morgan fingerprint density at radius 2 is 1.52 bits per heavy atom. The normalized spacial score (nSPS) is 14.5. The third-order valence-electron chi connectivity index (χ3n) is 4.88. The Balaban J connectivity index is 0.00000210. The van der Waals surface area contributed by atoms with Crippen molar-refractivity contribution < 1.29 is 4.74 Å². The highest BCUT2D eigenvalue weighted by molar-refractivity contribution is 5.85. The smallest absolute Gasteiger partial charge is 0.241 e. The zero-order chi connectivity index (χ0) is 17.6. The molecule has 4 nitrogen and oxygen atoms in total. The van der Waals surface area contributed by atoms with Gasteiger partial charge in [-0.15, -0.1) is 17.5 Å². The van der Waals surface area contributed by atoms with Crippen molar-refractivity contribution >= 4 is 12.4 Å². The minimum absolute atomic E-state index is 0. The van der Waals surface area contributed by atoms with Crippen LogP contribution in [0.2, 0.25) is 0 Å². The van der Waals surface area contributed by atoms with Crippen LogP contribution >= 0.6 is 12.4 Å². The Bertz CT molecular complexity index is 814. The number of rotatable bonds is 6. The molecule has 1 aliphatic rings. The Labute approximate surface area is 167 Å². The molecule has 1 fully saturated rings. The second-order valence-corrected chi connectivity index (χ2v) is 6.74. The Kier molecular flexibility index (Phi) is 6.91. The van der Waals surface area contributed by atoms with Crippen molar-refractivity contribution in [2.75, 3.05) is 26.2 Å². The lowest BCUT2D eigenvalue weighted by Gasteiger charge is -2.26. The SMILES string of the molecule is Cl.c1ccc(-c2cn(-c3ccccc3)nc2OCCN2CCCCC2)cc1. The summed E-state index contributed by atoms with van der Waals surface area (Å²) in [6, 6.07) is 20.5. The maximum atomic E-state index is 6.12. The second kappa shape index (κ2) is 9.58. The topological polar surface area (TPSA) is 30.3 Å². The first kappa shape index (κ1) is 19.5. The highest BCUT2D eigenvalue weighted by Gasteiger charge is 2.15. The third-order valence-corrected chi connectivity index (χ3v) is 4.88. The molecular formula is C22H26ClN3O. The molecule has 0 atom stereocenters. The molecule has 0 bridgehead atoms. The van der Waals surface area contributed by atoms with Crippen molar-refractivity contribution in [1.82, 2.24) is 14.7 Å². The van der Waals surface area contributed by atoms with Crippen LogP contribution in [-0.4, -0.2) is 40.9 Å². The average Bonchev–Trinajstić information content (AvgIpc) is 3.14. The zero-order valence-electron chi connectivity index (χ0n) is 15.5. The number of piperidine rings is 1. The highest BCUT2D eigenvalue weighted by Crippen LogP contribution is 2.30. The van der Waals surface area contributed by atoms with Crippen molar-refractivity contribution in [2.45, 2.75) is 19.3 Å². The molecule has 1 saturated heterocycles. The lowest BCUT2D eigenvalue weighted by atomic mass is 10.1. The third kappa shape index (κ3) is 4.90. The summed E-state index contributed by atoms with van der Waals surface area (Å²) in [5.74, 6) is 0.706. The summed E-state index contributed by atoms with van der Waals surface area (Å²) in [5.41, 5.74) is 3.20. The van der Waals surface area contributed by atoms with Crippen molar-refractivity contribution in [3.05, 3.63) is 66.9 Å². The largest absolute Gasteiger partial charge is 0.475 e. The molecule has 0 saturated carbocycles. The van der Waals surface area contributed by atoms with Crippen LogP contribution in [-0.2, 0) is 0 Å². The number of halogens is 1. The van der Waals surface area contributed by atoms with E-state index in [1.165, 1.54) is 32.4 Å². The van der Waals surface area contributed by atoms with Crippen molar-refractivity contribution in [3.8, 4) is 22.7 Å². The maximum absolute atomic E-state index is 6.12. The van der Waals surface area contributed by atoms with Gasteiger partial charge < -0.3 is 4.74 Å². The molecule has 0 N–H and O–H groups in total. The van der Waals surface area contributed by atoms with E-state index in [0.29, 0.717) is 12.5 Å². The van der Waals surface area contributed by atoms with E-state index in [0.717, 1.165) is 23.4 Å². The molecule has 0 amide bonds. The fraction of sp³-hybridized carbons (Fsp3) is 0.318. The van der Waals surface area contributed by atoms with Gasteiger partial charge in [-0.2, -0.15) is 0 Å². The number of hydrogen-bond donors (Lipinski definition) is 0.